The van der Waals surface area contributed by atoms with Gasteiger partial charge in [0.05, 0.1) is 11.2 Å². The largest absolute Gasteiger partial charge is 0.381 e. The highest BCUT2D eigenvalue weighted by Gasteiger charge is 2.34. The Hall–Kier alpha value is -1.07. The standard InChI is InChI=1S/C12H18ClN3O2/c1-9-7-10(16(2)15-9)11(17)14-12(8-13)3-5-18-6-4-12/h7H,3-6,8H2,1-2H3,(H,14,17). The summed E-state index contributed by atoms with van der Waals surface area (Å²) in [5.74, 6) is 0.277. The molecule has 2 rings (SSSR count). The van der Waals surface area contributed by atoms with Crippen LogP contribution in [0.4, 0.5) is 0 Å². The van der Waals surface area contributed by atoms with Crippen molar-refractivity contribution in [3.63, 3.8) is 0 Å². The average Bonchev–Trinajstić information content (AvgIpc) is 2.70. The molecule has 0 bridgehead atoms. The number of aryl methyl sites for hydroxylation is 2. The van der Waals surface area contributed by atoms with Gasteiger partial charge in [-0.05, 0) is 25.8 Å². The van der Waals surface area contributed by atoms with Crippen molar-refractivity contribution in [1.82, 2.24) is 15.1 Å². The molecule has 6 heteroatoms. The van der Waals surface area contributed by atoms with Crippen molar-refractivity contribution in [2.75, 3.05) is 19.1 Å². The third-order valence-electron chi connectivity index (χ3n) is 3.32. The van der Waals surface area contributed by atoms with Crippen LogP contribution in [0.2, 0.25) is 0 Å². The van der Waals surface area contributed by atoms with Gasteiger partial charge in [-0.1, -0.05) is 0 Å². The number of carbonyl (C=O) groups excluding carboxylic acids is 1. The Morgan fingerprint density at radius 1 is 1.61 bits per heavy atom. The SMILES string of the molecule is Cc1cc(C(=O)NC2(CCl)CCOCC2)n(C)n1. The molecule has 5 nitrogen and oxygen atoms in total. The summed E-state index contributed by atoms with van der Waals surface area (Å²) < 4.78 is 6.90. The molecule has 1 aliphatic rings. The van der Waals surface area contributed by atoms with E-state index in [0.29, 0.717) is 24.8 Å². The zero-order valence-electron chi connectivity index (χ0n) is 10.7. The van der Waals surface area contributed by atoms with E-state index in [1.807, 2.05) is 6.92 Å². The lowest BCUT2D eigenvalue weighted by molar-refractivity contribution is 0.0431. The second kappa shape index (κ2) is 5.28. The fraction of sp³-hybridized carbons (Fsp3) is 0.667. The van der Waals surface area contributed by atoms with Crippen LogP contribution in [0.15, 0.2) is 6.07 Å². The predicted octanol–water partition coefficient (Wildman–Crippen LogP) is 1.25. The first-order chi connectivity index (χ1) is 8.56. The first-order valence-corrected chi connectivity index (χ1v) is 6.57. The number of rotatable bonds is 3. The van der Waals surface area contributed by atoms with E-state index in [2.05, 4.69) is 10.4 Å². The van der Waals surface area contributed by atoms with Crippen molar-refractivity contribution < 1.29 is 9.53 Å². The van der Waals surface area contributed by atoms with E-state index < -0.39 is 0 Å². The second-order valence-electron chi connectivity index (χ2n) is 4.78. The predicted molar refractivity (Wildman–Crippen MR) is 68.9 cm³/mol. The lowest BCUT2D eigenvalue weighted by atomic mass is 9.92. The van der Waals surface area contributed by atoms with Gasteiger partial charge in [-0.2, -0.15) is 5.10 Å². The summed E-state index contributed by atoms with van der Waals surface area (Å²) in [7, 11) is 1.76. The maximum atomic E-state index is 12.2. The Morgan fingerprint density at radius 3 is 2.78 bits per heavy atom. The summed E-state index contributed by atoms with van der Waals surface area (Å²) in [5, 5.41) is 7.21. The van der Waals surface area contributed by atoms with Crippen LogP contribution in [0.3, 0.4) is 0 Å². The van der Waals surface area contributed by atoms with Crippen molar-refractivity contribution in [1.29, 1.82) is 0 Å². The molecule has 0 atom stereocenters. The number of nitrogens with one attached hydrogen (secondary N) is 1. The summed E-state index contributed by atoms with van der Waals surface area (Å²) in [6.45, 7) is 3.14. The maximum Gasteiger partial charge on any atom is 0.270 e. The van der Waals surface area contributed by atoms with Gasteiger partial charge in [-0.3, -0.25) is 9.48 Å². The highest BCUT2D eigenvalue weighted by molar-refractivity contribution is 6.19. The van der Waals surface area contributed by atoms with Gasteiger partial charge in [-0.25, -0.2) is 0 Å². The first-order valence-electron chi connectivity index (χ1n) is 6.03. The molecule has 0 aliphatic carbocycles. The van der Waals surface area contributed by atoms with Crippen molar-refractivity contribution in [3.05, 3.63) is 17.5 Å². The van der Waals surface area contributed by atoms with Crippen LogP contribution < -0.4 is 5.32 Å². The molecule has 0 aromatic carbocycles. The highest BCUT2D eigenvalue weighted by atomic mass is 35.5. The van der Waals surface area contributed by atoms with Crippen molar-refractivity contribution in [3.8, 4) is 0 Å². The molecule has 1 aromatic heterocycles. The van der Waals surface area contributed by atoms with Gasteiger partial charge in [0.25, 0.3) is 5.91 Å². The maximum absolute atomic E-state index is 12.2. The van der Waals surface area contributed by atoms with Gasteiger partial charge in [0.1, 0.15) is 5.69 Å². The minimum absolute atomic E-state index is 0.124. The van der Waals surface area contributed by atoms with Crippen LogP contribution in [0.25, 0.3) is 0 Å². The molecule has 1 N–H and O–H groups in total. The monoisotopic (exact) mass is 271 g/mol. The Bertz CT molecular complexity index is 439. The quantitative estimate of drug-likeness (QED) is 0.842. The fourth-order valence-corrected chi connectivity index (χ4v) is 2.52. The van der Waals surface area contributed by atoms with E-state index in [9.17, 15) is 4.79 Å². The molecule has 1 aliphatic heterocycles. The van der Waals surface area contributed by atoms with Crippen LogP contribution in [0.5, 0.6) is 0 Å². The minimum Gasteiger partial charge on any atom is -0.381 e. The topological polar surface area (TPSA) is 56.1 Å². The van der Waals surface area contributed by atoms with E-state index in [4.69, 9.17) is 16.3 Å². The van der Waals surface area contributed by atoms with Gasteiger partial charge in [-0.15, -0.1) is 11.6 Å². The number of ether oxygens (including phenoxy) is 1. The smallest absolute Gasteiger partial charge is 0.270 e. The van der Waals surface area contributed by atoms with Gasteiger partial charge in [0.15, 0.2) is 0 Å². The number of aromatic nitrogens is 2. The van der Waals surface area contributed by atoms with Crippen LogP contribution in [0, 0.1) is 6.92 Å². The lowest BCUT2D eigenvalue weighted by Gasteiger charge is -2.36. The molecule has 18 heavy (non-hydrogen) atoms. The van der Waals surface area contributed by atoms with Gasteiger partial charge in [0.2, 0.25) is 0 Å². The summed E-state index contributed by atoms with van der Waals surface area (Å²) >= 11 is 6.02. The summed E-state index contributed by atoms with van der Waals surface area (Å²) in [6.07, 6.45) is 1.50. The molecule has 1 aromatic rings. The summed E-state index contributed by atoms with van der Waals surface area (Å²) in [6, 6.07) is 1.77. The third kappa shape index (κ3) is 2.67. The van der Waals surface area contributed by atoms with Crippen molar-refractivity contribution >= 4 is 17.5 Å². The number of carbonyl (C=O) groups is 1. The molecule has 1 fully saturated rings. The Labute approximate surface area is 111 Å². The van der Waals surface area contributed by atoms with Crippen LogP contribution >= 0.6 is 11.6 Å². The summed E-state index contributed by atoms with van der Waals surface area (Å²) in [5.41, 5.74) is 1.03. The van der Waals surface area contributed by atoms with Crippen LogP contribution in [-0.4, -0.2) is 40.3 Å². The number of halogens is 1. The first kappa shape index (κ1) is 13.4. The van der Waals surface area contributed by atoms with E-state index in [-0.39, 0.29) is 11.4 Å². The summed E-state index contributed by atoms with van der Waals surface area (Å²) in [4.78, 5) is 12.2. The van der Waals surface area contributed by atoms with Gasteiger partial charge >= 0.3 is 0 Å². The second-order valence-corrected chi connectivity index (χ2v) is 5.04. The zero-order valence-corrected chi connectivity index (χ0v) is 11.5. The lowest BCUT2D eigenvalue weighted by Crippen LogP contribution is -2.53. The highest BCUT2D eigenvalue weighted by Crippen LogP contribution is 2.22. The molecule has 0 spiro atoms. The van der Waals surface area contributed by atoms with E-state index in [1.165, 1.54) is 0 Å². The molecular weight excluding hydrogens is 254 g/mol. The molecular formula is C12H18ClN3O2. The third-order valence-corrected chi connectivity index (χ3v) is 3.83. The van der Waals surface area contributed by atoms with E-state index >= 15 is 0 Å². The molecule has 0 saturated carbocycles. The number of nitrogens with zero attached hydrogens (tertiary/aromatic N) is 2. The van der Waals surface area contributed by atoms with E-state index in [1.54, 1.807) is 17.8 Å². The average molecular weight is 272 g/mol. The number of hydrogen-bond donors (Lipinski definition) is 1. The number of hydrogen-bond acceptors (Lipinski definition) is 3. The van der Waals surface area contributed by atoms with Gasteiger partial charge in [0, 0.05) is 26.1 Å². The van der Waals surface area contributed by atoms with E-state index in [0.717, 1.165) is 18.5 Å². The molecule has 1 saturated heterocycles. The van der Waals surface area contributed by atoms with Crippen molar-refractivity contribution in [2.45, 2.75) is 25.3 Å². The van der Waals surface area contributed by atoms with Crippen molar-refractivity contribution in [2.24, 2.45) is 7.05 Å². The molecule has 2 heterocycles. The number of alkyl halides is 1. The molecule has 1 amide bonds. The zero-order chi connectivity index (χ0) is 13.2. The Morgan fingerprint density at radius 2 is 2.28 bits per heavy atom. The Balaban J connectivity index is 2.12. The normalized spacial score (nSPS) is 18.6. The number of amides is 1. The van der Waals surface area contributed by atoms with Crippen LogP contribution in [0.1, 0.15) is 29.0 Å². The van der Waals surface area contributed by atoms with Crippen LogP contribution in [-0.2, 0) is 11.8 Å². The van der Waals surface area contributed by atoms with Gasteiger partial charge < -0.3 is 10.1 Å². The fourth-order valence-electron chi connectivity index (χ4n) is 2.18. The molecule has 0 radical (unpaired) electrons. The Kier molecular flexibility index (Phi) is 3.92. The molecule has 0 unspecified atom stereocenters. The minimum atomic E-state index is -0.352. The molecule has 100 valence electrons.